The van der Waals surface area contributed by atoms with E-state index in [2.05, 4.69) is 44.1 Å². The lowest BCUT2D eigenvalue weighted by Crippen LogP contribution is -2.19. The Labute approximate surface area is 78.5 Å². The van der Waals surface area contributed by atoms with Gasteiger partial charge < -0.3 is 10.9 Å². The van der Waals surface area contributed by atoms with Gasteiger partial charge in [0.15, 0.2) is 0 Å². The molecule has 70 valence electrons. The van der Waals surface area contributed by atoms with Gasteiger partial charge in [-0.3, -0.25) is 0 Å². The molecule has 1 aliphatic heterocycles. The van der Waals surface area contributed by atoms with E-state index in [4.69, 9.17) is 0 Å². The van der Waals surface area contributed by atoms with Gasteiger partial charge in [-0.15, -0.1) is 5.53 Å². The van der Waals surface area contributed by atoms with Gasteiger partial charge in [0.2, 0.25) is 0 Å². The minimum Gasteiger partial charge on any atom is -0.302 e. The van der Waals surface area contributed by atoms with Crippen molar-refractivity contribution < 1.29 is 0 Å². The van der Waals surface area contributed by atoms with Gasteiger partial charge in [0, 0.05) is 0 Å². The molecule has 0 bridgehead atoms. The van der Waals surface area contributed by atoms with Crippen molar-refractivity contribution in [1.82, 2.24) is 5.53 Å². The largest absolute Gasteiger partial charge is 0.302 e. The molecule has 0 atom stereocenters. The summed E-state index contributed by atoms with van der Waals surface area (Å²) in [5, 5.41) is 0. The third kappa shape index (κ3) is 1.00. The standard InChI is InChI=1S/C10H15N3/c1-5-6(2)8(4)10-9(7(5)3)11-13-12-10/h11-13H,1-4H3. The summed E-state index contributed by atoms with van der Waals surface area (Å²) in [4.78, 5) is 0. The molecule has 1 aromatic rings. The first-order valence-corrected chi connectivity index (χ1v) is 4.50. The van der Waals surface area contributed by atoms with Crippen molar-refractivity contribution in [2.45, 2.75) is 27.7 Å². The lowest BCUT2D eigenvalue weighted by Gasteiger charge is -2.13. The van der Waals surface area contributed by atoms with Gasteiger partial charge in [-0.25, -0.2) is 0 Å². The molecule has 0 radical (unpaired) electrons. The molecular weight excluding hydrogens is 162 g/mol. The zero-order chi connectivity index (χ0) is 9.59. The van der Waals surface area contributed by atoms with Gasteiger partial charge in [-0.05, 0) is 49.9 Å². The summed E-state index contributed by atoms with van der Waals surface area (Å²) in [6, 6.07) is 0. The topological polar surface area (TPSA) is 36.1 Å². The second-order valence-corrected chi connectivity index (χ2v) is 3.62. The third-order valence-electron chi connectivity index (χ3n) is 3.06. The number of hydrazine groups is 2. The Morgan fingerprint density at radius 1 is 0.615 bits per heavy atom. The minimum atomic E-state index is 1.18. The van der Waals surface area contributed by atoms with Crippen LogP contribution in [0, 0.1) is 27.7 Å². The van der Waals surface area contributed by atoms with Gasteiger partial charge in [0.1, 0.15) is 0 Å². The van der Waals surface area contributed by atoms with Crippen LogP contribution in [-0.2, 0) is 0 Å². The predicted molar refractivity (Wildman–Crippen MR) is 55.8 cm³/mol. The highest BCUT2D eigenvalue weighted by molar-refractivity contribution is 5.80. The maximum atomic E-state index is 3.12. The molecule has 0 amide bonds. The number of rotatable bonds is 0. The first-order valence-electron chi connectivity index (χ1n) is 4.50. The zero-order valence-electron chi connectivity index (χ0n) is 8.50. The number of hydrogen-bond donors (Lipinski definition) is 3. The molecule has 3 N–H and O–H groups in total. The van der Waals surface area contributed by atoms with Crippen LogP contribution in [0.25, 0.3) is 0 Å². The van der Waals surface area contributed by atoms with Crippen LogP contribution in [0.3, 0.4) is 0 Å². The quantitative estimate of drug-likeness (QED) is 0.568. The molecule has 1 aromatic carbocycles. The molecule has 1 heterocycles. The molecule has 0 saturated heterocycles. The SMILES string of the molecule is Cc1c(C)c(C)c2c(c1C)NNN2. The smallest absolute Gasteiger partial charge is 0.0785 e. The Morgan fingerprint density at radius 3 is 1.38 bits per heavy atom. The Kier molecular flexibility index (Phi) is 1.70. The van der Waals surface area contributed by atoms with Crippen LogP contribution >= 0.6 is 0 Å². The number of fused-ring (bicyclic) bond motifs is 1. The summed E-state index contributed by atoms with van der Waals surface area (Å²) in [6.45, 7) is 8.61. The van der Waals surface area contributed by atoms with Crippen LogP contribution in [0.1, 0.15) is 22.3 Å². The second kappa shape index (κ2) is 2.64. The molecule has 0 unspecified atom stereocenters. The minimum absolute atomic E-state index is 1.18. The van der Waals surface area contributed by atoms with Crippen molar-refractivity contribution in [3.8, 4) is 0 Å². The van der Waals surface area contributed by atoms with Crippen molar-refractivity contribution in [3.05, 3.63) is 22.3 Å². The average molecular weight is 177 g/mol. The summed E-state index contributed by atoms with van der Waals surface area (Å²) in [5.74, 6) is 0. The molecular formula is C10H15N3. The van der Waals surface area contributed by atoms with Gasteiger partial charge in [-0.1, -0.05) is 0 Å². The van der Waals surface area contributed by atoms with E-state index in [1.807, 2.05) is 0 Å². The van der Waals surface area contributed by atoms with E-state index in [0.29, 0.717) is 0 Å². The Hall–Kier alpha value is -1.22. The van der Waals surface area contributed by atoms with E-state index in [9.17, 15) is 0 Å². The van der Waals surface area contributed by atoms with Gasteiger partial charge >= 0.3 is 0 Å². The Balaban J connectivity index is 2.77. The zero-order valence-corrected chi connectivity index (χ0v) is 8.50. The molecule has 3 nitrogen and oxygen atoms in total. The van der Waals surface area contributed by atoms with Crippen molar-refractivity contribution in [3.63, 3.8) is 0 Å². The van der Waals surface area contributed by atoms with E-state index >= 15 is 0 Å². The number of anilines is 2. The highest BCUT2D eigenvalue weighted by atomic mass is 15.6. The highest BCUT2D eigenvalue weighted by Crippen LogP contribution is 2.36. The third-order valence-corrected chi connectivity index (χ3v) is 3.06. The van der Waals surface area contributed by atoms with Gasteiger partial charge in [0.05, 0.1) is 11.4 Å². The second-order valence-electron chi connectivity index (χ2n) is 3.62. The van der Waals surface area contributed by atoms with E-state index in [1.165, 1.54) is 33.6 Å². The fraction of sp³-hybridized carbons (Fsp3) is 0.400. The lowest BCUT2D eigenvalue weighted by atomic mass is 9.96. The molecule has 3 heteroatoms. The van der Waals surface area contributed by atoms with Crippen molar-refractivity contribution in [1.29, 1.82) is 0 Å². The van der Waals surface area contributed by atoms with Crippen molar-refractivity contribution in [2.75, 3.05) is 10.9 Å². The van der Waals surface area contributed by atoms with Crippen LogP contribution in [-0.4, -0.2) is 0 Å². The van der Waals surface area contributed by atoms with Crippen molar-refractivity contribution in [2.24, 2.45) is 0 Å². The van der Waals surface area contributed by atoms with E-state index < -0.39 is 0 Å². The molecule has 13 heavy (non-hydrogen) atoms. The van der Waals surface area contributed by atoms with E-state index in [-0.39, 0.29) is 0 Å². The average Bonchev–Trinajstić information content (AvgIpc) is 2.59. The summed E-state index contributed by atoms with van der Waals surface area (Å²) in [7, 11) is 0. The first kappa shape index (κ1) is 8.38. The normalized spacial score (nSPS) is 13.5. The molecule has 0 aliphatic carbocycles. The van der Waals surface area contributed by atoms with Crippen molar-refractivity contribution >= 4 is 11.4 Å². The van der Waals surface area contributed by atoms with Gasteiger partial charge in [0.25, 0.3) is 0 Å². The maximum Gasteiger partial charge on any atom is 0.0785 e. The number of benzene rings is 1. The van der Waals surface area contributed by atoms with Crippen LogP contribution in [0.4, 0.5) is 11.4 Å². The van der Waals surface area contributed by atoms with Crippen LogP contribution < -0.4 is 16.4 Å². The van der Waals surface area contributed by atoms with Gasteiger partial charge in [-0.2, -0.15) is 0 Å². The molecule has 0 fully saturated rings. The fourth-order valence-corrected chi connectivity index (χ4v) is 1.78. The summed E-state index contributed by atoms with van der Waals surface area (Å²) >= 11 is 0. The summed E-state index contributed by atoms with van der Waals surface area (Å²) < 4.78 is 0. The lowest BCUT2D eigenvalue weighted by molar-refractivity contribution is 1.00. The summed E-state index contributed by atoms with van der Waals surface area (Å²) in [6.07, 6.45) is 0. The molecule has 2 rings (SSSR count). The summed E-state index contributed by atoms with van der Waals surface area (Å²) in [5.41, 5.74) is 16.9. The fourth-order valence-electron chi connectivity index (χ4n) is 1.78. The Bertz CT molecular complexity index is 334. The van der Waals surface area contributed by atoms with E-state index in [0.717, 1.165) is 0 Å². The molecule has 1 aliphatic rings. The predicted octanol–water partition coefficient (Wildman–Crippen LogP) is 2.18. The first-order chi connectivity index (χ1) is 6.13. The van der Waals surface area contributed by atoms with Crippen LogP contribution in [0.15, 0.2) is 0 Å². The van der Waals surface area contributed by atoms with E-state index in [1.54, 1.807) is 0 Å². The van der Waals surface area contributed by atoms with Crippen LogP contribution in [0.2, 0.25) is 0 Å². The monoisotopic (exact) mass is 177 g/mol. The molecule has 0 saturated carbocycles. The maximum absolute atomic E-state index is 3.12. The number of hydrogen-bond acceptors (Lipinski definition) is 3. The highest BCUT2D eigenvalue weighted by Gasteiger charge is 2.18. The Morgan fingerprint density at radius 2 is 1.00 bits per heavy atom. The van der Waals surface area contributed by atoms with Crippen LogP contribution in [0.5, 0.6) is 0 Å². The molecule has 0 spiro atoms. The number of nitrogens with one attached hydrogen (secondary N) is 3. The molecule has 0 aromatic heterocycles.